The largest absolute Gasteiger partial charge is 0.495 e. The average molecular weight is 411 g/mol. The van der Waals surface area contributed by atoms with Crippen molar-refractivity contribution in [3.8, 4) is 17.2 Å². The molecule has 3 aromatic carbocycles. The maximum Gasteiger partial charge on any atom is 0.251 e. The minimum absolute atomic E-state index is 0.194. The highest BCUT2D eigenvalue weighted by Gasteiger charge is 2.22. The Labute approximate surface area is 173 Å². The van der Waals surface area contributed by atoms with E-state index in [1.807, 2.05) is 48.5 Å². The van der Waals surface area contributed by atoms with Crippen molar-refractivity contribution in [2.24, 2.45) is 0 Å². The number of amides is 1. The minimum Gasteiger partial charge on any atom is -0.495 e. The van der Waals surface area contributed by atoms with Gasteiger partial charge in [0.1, 0.15) is 11.8 Å². The van der Waals surface area contributed by atoms with Crippen LogP contribution in [0.4, 0.5) is 11.4 Å². The molecule has 3 aromatic rings. The van der Waals surface area contributed by atoms with Crippen LogP contribution >= 0.6 is 11.6 Å². The molecule has 0 saturated heterocycles. The second-order valence-corrected chi connectivity index (χ2v) is 6.80. The molecule has 0 fully saturated rings. The first kappa shape index (κ1) is 19.0. The van der Waals surface area contributed by atoms with Gasteiger partial charge in [-0.2, -0.15) is 0 Å². The number of rotatable bonds is 6. The van der Waals surface area contributed by atoms with Crippen LogP contribution in [0.2, 0.25) is 5.02 Å². The third kappa shape index (κ3) is 4.22. The van der Waals surface area contributed by atoms with Crippen LogP contribution in [0.5, 0.6) is 17.2 Å². The molecule has 1 aliphatic rings. The van der Waals surface area contributed by atoms with Crippen molar-refractivity contribution in [3.05, 3.63) is 77.3 Å². The molecule has 6 nitrogen and oxygen atoms in total. The summed E-state index contributed by atoms with van der Waals surface area (Å²) in [5.41, 5.74) is 2.14. The van der Waals surface area contributed by atoms with E-state index < -0.39 is 6.04 Å². The van der Waals surface area contributed by atoms with E-state index in [0.29, 0.717) is 28.0 Å². The van der Waals surface area contributed by atoms with E-state index in [2.05, 4.69) is 10.6 Å². The smallest absolute Gasteiger partial charge is 0.251 e. The number of hydrogen-bond acceptors (Lipinski definition) is 5. The number of fused-ring (bicyclic) bond motifs is 1. The second kappa shape index (κ2) is 8.32. The lowest BCUT2D eigenvalue weighted by molar-refractivity contribution is -0.117. The summed E-state index contributed by atoms with van der Waals surface area (Å²) in [7, 11) is 1.54. The van der Waals surface area contributed by atoms with Crippen molar-refractivity contribution < 1.29 is 19.0 Å². The van der Waals surface area contributed by atoms with E-state index in [9.17, 15) is 4.79 Å². The van der Waals surface area contributed by atoms with Crippen LogP contribution < -0.4 is 24.8 Å². The molecule has 148 valence electrons. The minimum atomic E-state index is -0.627. The quantitative estimate of drug-likeness (QED) is 0.606. The summed E-state index contributed by atoms with van der Waals surface area (Å²) in [6.45, 7) is 0.194. The molecule has 4 rings (SSSR count). The van der Waals surface area contributed by atoms with Crippen LogP contribution in [0.3, 0.4) is 0 Å². The molecule has 1 atom stereocenters. The maximum atomic E-state index is 13.1. The summed E-state index contributed by atoms with van der Waals surface area (Å²) in [5, 5.41) is 6.61. The van der Waals surface area contributed by atoms with Gasteiger partial charge in [0.05, 0.1) is 12.1 Å². The van der Waals surface area contributed by atoms with Crippen LogP contribution in [0, 0.1) is 0 Å². The molecule has 0 aromatic heterocycles. The molecule has 0 aliphatic carbocycles. The highest BCUT2D eigenvalue weighted by molar-refractivity contribution is 6.32. The van der Waals surface area contributed by atoms with Crippen molar-refractivity contribution in [1.29, 1.82) is 0 Å². The number of anilines is 2. The Kier molecular flexibility index (Phi) is 5.44. The van der Waals surface area contributed by atoms with Gasteiger partial charge < -0.3 is 24.8 Å². The fourth-order valence-electron chi connectivity index (χ4n) is 3.06. The molecule has 0 spiro atoms. The lowest BCUT2D eigenvalue weighted by Crippen LogP contribution is -2.27. The SMILES string of the molecule is COc1ccc(NC(=O)C(Nc2ccc3c(c2)OCO3)c2ccccc2)cc1Cl. The van der Waals surface area contributed by atoms with Crippen molar-refractivity contribution in [2.75, 3.05) is 24.5 Å². The molecular weight excluding hydrogens is 392 g/mol. The van der Waals surface area contributed by atoms with Crippen LogP contribution in [0.15, 0.2) is 66.7 Å². The summed E-state index contributed by atoms with van der Waals surface area (Å²) in [6.07, 6.45) is 0. The van der Waals surface area contributed by atoms with Gasteiger partial charge in [0.15, 0.2) is 11.5 Å². The van der Waals surface area contributed by atoms with Gasteiger partial charge in [-0.3, -0.25) is 4.79 Å². The van der Waals surface area contributed by atoms with Crippen LogP contribution in [0.25, 0.3) is 0 Å². The summed E-state index contributed by atoms with van der Waals surface area (Å²) < 4.78 is 15.9. The molecule has 1 amide bonds. The Bertz CT molecular complexity index is 1030. The molecular formula is C22H19ClN2O4. The van der Waals surface area contributed by atoms with E-state index in [0.717, 1.165) is 11.3 Å². The average Bonchev–Trinajstić information content (AvgIpc) is 3.20. The van der Waals surface area contributed by atoms with Gasteiger partial charge in [-0.1, -0.05) is 41.9 Å². The third-order valence-electron chi connectivity index (χ3n) is 4.50. The lowest BCUT2D eigenvalue weighted by Gasteiger charge is -2.20. The predicted octanol–water partition coefficient (Wildman–Crippen LogP) is 4.87. The lowest BCUT2D eigenvalue weighted by atomic mass is 10.1. The van der Waals surface area contributed by atoms with Crippen molar-refractivity contribution in [3.63, 3.8) is 0 Å². The topological polar surface area (TPSA) is 68.8 Å². The molecule has 1 heterocycles. The molecule has 1 aliphatic heterocycles. The number of halogens is 1. The Morgan fingerprint density at radius 2 is 1.76 bits per heavy atom. The number of carbonyl (C=O) groups is 1. The first-order chi connectivity index (χ1) is 14.1. The molecule has 0 radical (unpaired) electrons. The summed E-state index contributed by atoms with van der Waals surface area (Å²) in [4.78, 5) is 13.1. The normalized spacial score (nSPS) is 12.9. The molecule has 2 N–H and O–H groups in total. The number of nitrogens with one attached hydrogen (secondary N) is 2. The monoisotopic (exact) mass is 410 g/mol. The molecule has 1 unspecified atom stereocenters. The summed E-state index contributed by atoms with van der Waals surface area (Å²) in [6, 6.07) is 19.4. The Balaban J connectivity index is 1.58. The first-order valence-corrected chi connectivity index (χ1v) is 9.37. The number of ether oxygens (including phenoxy) is 3. The van der Waals surface area contributed by atoms with Gasteiger partial charge in [0.25, 0.3) is 5.91 Å². The highest BCUT2D eigenvalue weighted by Crippen LogP contribution is 2.35. The van der Waals surface area contributed by atoms with Gasteiger partial charge >= 0.3 is 0 Å². The van der Waals surface area contributed by atoms with Crippen molar-refractivity contribution in [2.45, 2.75) is 6.04 Å². The fourth-order valence-corrected chi connectivity index (χ4v) is 3.31. The van der Waals surface area contributed by atoms with Crippen LogP contribution in [-0.4, -0.2) is 19.8 Å². The standard InChI is InChI=1S/C22H19ClN2O4/c1-27-18-9-7-15(11-17(18)23)25-22(26)21(14-5-3-2-4-6-14)24-16-8-10-19-20(12-16)29-13-28-19/h2-12,21,24H,13H2,1H3,(H,25,26). The van der Waals surface area contributed by atoms with Gasteiger partial charge in [0, 0.05) is 17.4 Å². The highest BCUT2D eigenvalue weighted by atomic mass is 35.5. The Morgan fingerprint density at radius 3 is 2.52 bits per heavy atom. The zero-order valence-electron chi connectivity index (χ0n) is 15.6. The van der Waals surface area contributed by atoms with Gasteiger partial charge in [0.2, 0.25) is 6.79 Å². The number of benzene rings is 3. The molecule has 7 heteroatoms. The first-order valence-electron chi connectivity index (χ1n) is 8.99. The summed E-state index contributed by atoms with van der Waals surface area (Å²) >= 11 is 6.18. The fraction of sp³-hybridized carbons (Fsp3) is 0.136. The molecule has 0 saturated carbocycles. The molecule has 29 heavy (non-hydrogen) atoms. The van der Waals surface area contributed by atoms with Crippen molar-refractivity contribution in [1.82, 2.24) is 0 Å². The van der Waals surface area contributed by atoms with Gasteiger partial charge in [-0.25, -0.2) is 0 Å². The van der Waals surface area contributed by atoms with E-state index in [4.69, 9.17) is 25.8 Å². The van der Waals surface area contributed by atoms with E-state index in [-0.39, 0.29) is 12.7 Å². The zero-order valence-corrected chi connectivity index (χ0v) is 16.4. The van der Waals surface area contributed by atoms with Gasteiger partial charge in [-0.15, -0.1) is 0 Å². The molecule has 0 bridgehead atoms. The van der Waals surface area contributed by atoms with Gasteiger partial charge in [-0.05, 0) is 35.9 Å². The number of methoxy groups -OCH3 is 1. The maximum absolute atomic E-state index is 13.1. The zero-order chi connectivity index (χ0) is 20.2. The van der Waals surface area contributed by atoms with E-state index in [1.165, 1.54) is 0 Å². The van der Waals surface area contributed by atoms with Crippen LogP contribution in [0.1, 0.15) is 11.6 Å². The number of carbonyl (C=O) groups excluding carboxylic acids is 1. The van der Waals surface area contributed by atoms with Crippen molar-refractivity contribution >= 4 is 28.9 Å². The Hall–Kier alpha value is -3.38. The van der Waals surface area contributed by atoms with E-state index >= 15 is 0 Å². The Morgan fingerprint density at radius 1 is 1.00 bits per heavy atom. The van der Waals surface area contributed by atoms with Crippen LogP contribution in [-0.2, 0) is 4.79 Å². The summed E-state index contributed by atoms with van der Waals surface area (Å²) in [5.74, 6) is 1.64. The second-order valence-electron chi connectivity index (χ2n) is 6.39. The van der Waals surface area contributed by atoms with E-state index in [1.54, 1.807) is 25.3 Å². The number of hydrogen-bond donors (Lipinski definition) is 2. The predicted molar refractivity (Wildman–Crippen MR) is 112 cm³/mol. The third-order valence-corrected chi connectivity index (χ3v) is 4.79.